The number of fused-ring (bicyclic) bond motifs is 6. The van der Waals surface area contributed by atoms with E-state index in [0.29, 0.717) is 28.8 Å². The predicted molar refractivity (Wildman–Crippen MR) is 199 cm³/mol. The molecule has 6 nitrogen and oxygen atoms in total. The second-order valence-corrected chi connectivity index (χ2v) is 12.2. The van der Waals surface area contributed by atoms with Gasteiger partial charge in [-0.25, -0.2) is 19.9 Å². The Labute approximate surface area is 286 Å². The Hall–Kier alpha value is -6.92. The molecule has 0 fully saturated rings. The molecule has 0 saturated heterocycles. The molecule has 6 aromatic carbocycles. The number of aromatic nitrogens is 4. The minimum Gasteiger partial charge on any atom is -0.456 e. The van der Waals surface area contributed by atoms with Gasteiger partial charge in [0.05, 0.1) is 0 Å². The zero-order valence-corrected chi connectivity index (χ0v) is 26.6. The number of hydrogen-bond acceptors (Lipinski definition) is 6. The molecule has 0 unspecified atom stereocenters. The van der Waals surface area contributed by atoms with Gasteiger partial charge in [0, 0.05) is 44.4 Å². The van der Waals surface area contributed by atoms with E-state index in [9.17, 15) is 0 Å². The van der Waals surface area contributed by atoms with Crippen molar-refractivity contribution in [1.29, 1.82) is 0 Å². The Balaban J connectivity index is 1.30. The summed E-state index contributed by atoms with van der Waals surface area (Å²) >= 11 is 0. The van der Waals surface area contributed by atoms with Crippen LogP contribution in [-0.2, 0) is 0 Å². The minimum absolute atomic E-state index is 0.538. The van der Waals surface area contributed by atoms with Crippen LogP contribution in [0.25, 0.3) is 100 Å². The Bertz CT molecular complexity index is 2880. The standard InChI is InChI=1S/C44H26N4O2/c1-3-12-27(13-4-1)29-16-9-17-30(26-29)31-23-24-37-39(34-20-11-25-45-44(34)50-37)40(31)43-47-41(28-14-5-2-6-15-28)46-42(48-43)33-19-10-22-36-38(33)32-18-7-8-21-35(32)49-36/h1-26H. The molecule has 0 radical (unpaired) electrons. The average molecular weight is 643 g/mol. The van der Waals surface area contributed by atoms with Crippen LogP contribution in [0.15, 0.2) is 167 Å². The number of pyridine rings is 1. The van der Waals surface area contributed by atoms with Gasteiger partial charge in [0.15, 0.2) is 17.5 Å². The first-order valence-electron chi connectivity index (χ1n) is 16.5. The molecule has 0 spiro atoms. The van der Waals surface area contributed by atoms with E-state index in [1.54, 1.807) is 6.20 Å². The van der Waals surface area contributed by atoms with E-state index in [-0.39, 0.29) is 0 Å². The van der Waals surface area contributed by atoms with Crippen LogP contribution in [0.1, 0.15) is 0 Å². The molecule has 4 heterocycles. The molecule has 0 bridgehead atoms. The van der Waals surface area contributed by atoms with E-state index >= 15 is 0 Å². The van der Waals surface area contributed by atoms with Crippen LogP contribution >= 0.6 is 0 Å². The fourth-order valence-electron chi connectivity index (χ4n) is 6.96. The van der Waals surface area contributed by atoms with Gasteiger partial charge >= 0.3 is 0 Å². The predicted octanol–water partition coefficient (Wildman–Crippen LogP) is 11.4. The van der Waals surface area contributed by atoms with Gasteiger partial charge in [0.2, 0.25) is 5.71 Å². The smallest absolute Gasteiger partial charge is 0.227 e. The van der Waals surface area contributed by atoms with Crippen molar-refractivity contribution in [3.8, 4) is 56.4 Å². The summed E-state index contributed by atoms with van der Waals surface area (Å²) < 4.78 is 12.6. The third kappa shape index (κ3) is 4.58. The second kappa shape index (κ2) is 11.4. The van der Waals surface area contributed by atoms with Crippen LogP contribution < -0.4 is 0 Å². The Morgan fingerprint density at radius 1 is 0.380 bits per heavy atom. The zero-order valence-electron chi connectivity index (χ0n) is 26.6. The van der Waals surface area contributed by atoms with Crippen molar-refractivity contribution >= 4 is 44.0 Å². The van der Waals surface area contributed by atoms with Gasteiger partial charge in [-0.2, -0.15) is 0 Å². The lowest BCUT2D eigenvalue weighted by atomic mass is 9.92. The van der Waals surface area contributed by atoms with Crippen molar-refractivity contribution in [2.75, 3.05) is 0 Å². The molecule has 50 heavy (non-hydrogen) atoms. The van der Waals surface area contributed by atoms with Crippen LogP contribution in [0.4, 0.5) is 0 Å². The van der Waals surface area contributed by atoms with Crippen LogP contribution in [-0.4, -0.2) is 19.9 Å². The van der Waals surface area contributed by atoms with Crippen molar-refractivity contribution in [2.24, 2.45) is 0 Å². The van der Waals surface area contributed by atoms with Gasteiger partial charge in [0.1, 0.15) is 16.7 Å². The highest BCUT2D eigenvalue weighted by Gasteiger charge is 2.23. The average Bonchev–Trinajstić information content (AvgIpc) is 3.77. The monoisotopic (exact) mass is 642 g/mol. The summed E-state index contributed by atoms with van der Waals surface area (Å²) in [6.07, 6.45) is 1.75. The molecule has 0 atom stereocenters. The second-order valence-electron chi connectivity index (χ2n) is 12.2. The van der Waals surface area contributed by atoms with Crippen molar-refractivity contribution < 1.29 is 8.83 Å². The lowest BCUT2D eigenvalue weighted by Gasteiger charge is -2.14. The maximum absolute atomic E-state index is 6.33. The lowest BCUT2D eigenvalue weighted by Crippen LogP contribution is -2.02. The summed E-state index contributed by atoms with van der Waals surface area (Å²) in [5.74, 6) is 1.66. The van der Waals surface area contributed by atoms with Crippen LogP contribution in [0.2, 0.25) is 0 Å². The highest BCUT2D eigenvalue weighted by molar-refractivity contribution is 6.15. The van der Waals surface area contributed by atoms with Gasteiger partial charge < -0.3 is 8.83 Å². The van der Waals surface area contributed by atoms with E-state index in [4.69, 9.17) is 23.8 Å². The van der Waals surface area contributed by atoms with Gasteiger partial charge in [0.25, 0.3) is 0 Å². The molecular weight excluding hydrogens is 617 g/mol. The first-order chi connectivity index (χ1) is 24.8. The first-order valence-corrected chi connectivity index (χ1v) is 16.5. The molecule has 0 aliphatic heterocycles. The number of hydrogen-bond donors (Lipinski definition) is 0. The third-order valence-electron chi connectivity index (χ3n) is 9.23. The summed E-state index contributed by atoms with van der Waals surface area (Å²) in [7, 11) is 0. The molecule has 6 heteroatoms. The molecule has 234 valence electrons. The molecule has 0 aliphatic rings. The molecule has 0 aliphatic carbocycles. The van der Waals surface area contributed by atoms with Crippen LogP contribution in [0, 0.1) is 0 Å². The molecule has 10 aromatic rings. The number of nitrogens with zero attached hydrogens (tertiary/aromatic N) is 4. The summed E-state index contributed by atoms with van der Waals surface area (Å²) in [6, 6.07) is 51.2. The van der Waals surface area contributed by atoms with Crippen molar-refractivity contribution in [2.45, 2.75) is 0 Å². The summed E-state index contributed by atoms with van der Waals surface area (Å²) in [5, 5.41) is 3.77. The minimum atomic E-state index is 0.538. The molecule has 0 saturated carbocycles. The van der Waals surface area contributed by atoms with Gasteiger partial charge in [-0.1, -0.05) is 109 Å². The number of furan rings is 2. The number of benzene rings is 6. The van der Waals surface area contributed by atoms with E-state index in [0.717, 1.165) is 71.7 Å². The van der Waals surface area contributed by atoms with Gasteiger partial charge in [-0.3, -0.25) is 0 Å². The Kier molecular flexibility index (Phi) is 6.39. The van der Waals surface area contributed by atoms with E-state index in [1.807, 2.05) is 84.9 Å². The number of rotatable bonds is 5. The molecule has 0 amide bonds. The van der Waals surface area contributed by atoms with Crippen LogP contribution in [0.5, 0.6) is 0 Å². The third-order valence-corrected chi connectivity index (χ3v) is 9.23. The first kappa shape index (κ1) is 28.1. The quantitative estimate of drug-likeness (QED) is 0.186. The zero-order chi connectivity index (χ0) is 33.0. The molecular formula is C44H26N4O2. The Morgan fingerprint density at radius 3 is 1.92 bits per heavy atom. The fraction of sp³-hybridized carbons (Fsp3) is 0. The normalized spacial score (nSPS) is 11.6. The molecule has 4 aromatic heterocycles. The van der Waals surface area contributed by atoms with E-state index < -0.39 is 0 Å². The summed E-state index contributed by atoms with van der Waals surface area (Å²) in [5.41, 5.74) is 9.74. The highest BCUT2D eigenvalue weighted by Crippen LogP contribution is 2.43. The maximum atomic E-state index is 6.33. The van der Waals surface area contributed by atoms with E-state index in [2.05, 4.69) is 71.7 Å². The summed E-state index contributed by atoms with van der Waals surface area (Å²) in [4.78, 5) is 20.2. The largest absolute Gasteiger partial charge is 0.456 e. The SMILES string of the molecule is c1ccc(-c2cccc(-c3ccc4oc5ncccc5c4c3-c3nc(-c4ccccc4)nc(-c4cccc5oc6ccccc6c45)n3)c2)cc1. The summed E-state index contributed by atoms with van der Waals surface area (Å²) in [6.45, 7) is 0. The fourth-order valence-corrected chi connectivity index (χ4v) is 6.96. The van der Waals surface area contributed by atoms with E-state index in [1.165, 1.54) is 0 Å². The van der Waals surface area contributed by atoms with Gasteiger partial charge in [-0.15, -0.1) is 0 Å². The number of para-hydroxylation sites is 1. The molecule has 10 rings (SSSR count). The van der Waals surface area contributed by atoms with Crippen molar-refractivity contribution in [3.63, 3.8) is 0 Å². The van der Waals surface area contributed by atoms with Gasteiger partial charge in [-0.05, 0) is 64.7 Å². The maximum Gasteiger partial charge on any atom is 0.227 e. The van der Waals surface area contributed by atoms with Crippen molar-refractivity contribution in [1.82, 2.24) is 19.9 Å². The topological polar surface area (TPSA) is 77.8 Å². The van der Waals surface area contributed by atoms with Crippen molar-refractivity contribution in [3.05, 3.63) is 158 Å². The Morgan fingerprint density at radius 2 is 1.04 bits per heavy atom. The molecule has 0 N–H and O–H groups in total. The van der Waals surface area contributed by atoms with Crippen LogP contribution in [0.3, 0.4) is 0 Å². The lowest BCUT2D eigenvalue weighted by molar-refractivity contribution is 0.654. The highest BCUT2D eigenvalue weighted by atomic mass is 16.3.